The van der Waals surface area contributed by atoms with E-state index < -0.39 is 6.85 Å². The summed E-state index contributed by atoms with van der Waals surface area (Å²) in [6, 6.07) is 53.4. The minimum Gasteiger partial charge on any atom is -0.500 e. The van der Waals surface area contributed by atoms with Gasteiger partial charge in [-0.05, 0) is 77.5 Å². The van der Waals surface area contributed by atoms with Crippen LogP contribution in [-0.4, -0.2) is 14.5 Å². The van der Waals surface area contributed by atoms with Crippen molar-refractivity contribution in [3.63, 3.8) is 0 Å². The van der Waals surface area contributed by atoms with Gasteiger partial charge >= 0.3 is 0 Å². The largest absolute Gasteiger partial charge is 0.500 e. The molecule has 7 aromatic carbocycles. The van der Waals surface area contributed by atoms with Gasteiger partial charge in [-0.2, -0.15) is 0 Å². The first kappa shape index (κ1) is 34.7. The summed E-state index contributed by atoms with van der Waals surface area (Å²) in [4.78, 5) is 9.39. The summed E-state index contributed by atoms with van der Waals surface area (Å²) in [7, 11) is 0. The molecule has 1 radical (unpaired) electrons. The summed E-state index contributed by atoms with van der Waals surface area (Å²) < 4.78 is 37.3. The molecule has 59 heavy (non-hydrogen) atoms. The number of pyridine rings is 1. The quantitative estimate of drug-likeness (QED) is 0.161. The molecule has 0 aliphatic carbocycles. The van der Waals surface area contributed by atoms with Crippen LogP contribution in [0.25, 0.3) is 94.0 Å². The third kappa shape index (κ3) is 6.53. The summed E-state index contributed by atoms with van der Waals surface area (Å²) in [5.41, 5.74) is 11.9. The van der Waals surface area contributed by atoms with Gasteiger partial charge in [-0.25, -0.2) is 0 Å². The minimum absolute atomic E-state index is 0. The van der Waals surface area contributed by atoms with E-state index in [1.807, 2.05) is 36.4 Å². The number of fused-ring (bicyclic) bond motifs is 10. The topological polar surface area (TPSA) is 57.0 Å². The second-order valence-electron chi connectivity index (χ2n) is 15.3. The first-order chi connectivity index (χ1) is 29.6. The zero-order chi connectivity index (χ0) is 42.0. The Bertz CT molecular complexity index is 3390. The number of nitrogens with zero attached hydrogens (tertiary/aromatic N) is 3. The number of furan rings is 2. The van der Waals surface area contributed by atoms with Gasteiger partial charge in [-0.1, -0.05) is 105 Å². The van der Waals surface area contributed by atoms with Crippen LogP contribution in [0.5, 0.6) is 0 Å². The van der Waals surface area contributed by atoms with E-state index in [1.54, 1.807) is 18.2 Å². The van der Waals surface area contributed by atoms with Gasteiger partial charge in [0, 0.05) is 63.0 Å². The van der Waals surface area contributed by atoms with Crippen LogP contribution in [0.2, 0.25) is 0 Å². The van der Waals surface area contributed by atoms with Gasteiger partial charge in [0.25, 0.3) is 0 Å². The molecular weight excluding hydrogens is 903 g/mol. The summed E-state index contributed by atoms with van der Waals surface area (Å²) in [6.07, 6.45) is 1.39. The van der Waals surface area contributed by atoms with E-state index in [-0.39, 0.29) is 25.7 Å². The van der Waals surface area contributed by atoms with E-state index in [4.69, 9.17) is 17.9 Å². The number of imidazole rings is 1. The number of hydrogen-bond donors (Lipinski definition) is 0. The zero-order valence-electron chi connectivity index (χ0n) is 36.0. The predicted octanol–water partition coefficient (Wildman–Crippen LogP) is 14.5. The Labute approximate surface area is 360 Å². The molecule has 0 amide bonds. The molecule has 6 heteroatoms. The molecule has 0 bridgehead atoms. The fourth-order valence-corrected chi connectivity index (χ4v) is 8.25. The summed E-state index contributed by atoms with van der Waals surface area (Å²) in [6.45, 7) is 6.96. The second-order valence-corrected chi connectivity index (χ2v) is 15.3. The Hall–Kier alpha value is -6.33. The maximum atomic E-state index is 7.23. The summed E-state index contributed by atoms with van der Waals surface area (Å²) >= 11 is 0. The van der Waals surface area contributed by atoms with Gasteiger partial charge in [0.1, 0.15) is 16.7 Å². The van der Waals surface area contributed by atoms with Crippen LogP contribution in [0.3, 0.4) is 0 Å². The van der Waals surface area contributed by atoms with Crippen LogP contribution in [-0.2, 0) is 20.1 Å². The van der Waals surface area contributed by atoms with Crippen LogP contribution in [0, 0.1) is 19.0 Å². The zero-order valence-corrected chi connectivity index (χ0v) is 35.4. The van der Waals surface area contributed by atoms with Crippen LogP contribution < -0.4 is 0 Å². The van der Waals surface area contributed by atoms with Crippen molar-refractivity contribution in [1.82, 2.24) is 14.5 Å². The number of benzene rings is 7. The third-order valence-electron chi connectivity index (χ3n) is 11.0. The van der Waals surface area contributed by atoms with Crippen molar-refractivity contribution in [3.05, 3.63) is 175 Å². The maximum absolute atomic E-state index is 7.23. The van der Waals surface area contributed by atoms with Gasteiger partial charge < -0.3 is 18.4 Å². The Morgan fingerprint density at radius 2 is 1.25 bits per heavy atom. The Kier molecular flexibility index (Phi) is 9.08. The van der Waals surface area contributed by atoms with Crippen molar-refractivity contribution in [1.29, 1.82) is 0 Å². The van der Waals surface area contributed by atoms with Crippen LogP contribution in [0.1, 0.15) is 60.3 Å². The molecule has 11 rings (SSSR count). The molecule has 0 aliphatic rings. The van der Waals surface area contributed by atoms with Crippen molar-refractivity contribution < 1.29 is 33.1 Å². The van der Waals surface area contributed by atoms with Gasteiger partial charge in [0.05, 0.1) is 22.4 Å². The third-order valence-corrected chi connectivity index (χ3v) is 11.0. The summed E-state index contributed by atoms with van der Waals surface area (Å²) in [5.74, 6) is 1.50. The first-order valence-corrected chi connectivity index (χ1v) is 19.7. The average Bonchev–Trinajstić information content (AvgIpc) is 3.98. The number of aryl methyl sites for hydroxylation is 1. The van der Waals surface area contributed by atoms with Gasteiger partial charge in [0.15, 0.2) is 0 Å². The second kappa shape index (κ2) is 15.4. The predicted molar refractivity (Wildman–Crippen MR) is 239 cm³/mol. The van der Waals surface area contributed by atoms with Gasteiger partial charge in [-0.15, -0.1) is 54.1 Å². The maximum Gasteiger partial charge on any atom is 0.143 e. The Morgan fingerprint density at radius 1 is 0.593 bits per heavy atom. The van der Waals surface area contributed by atoms with Crippen molar-refractivity contribution in [2.75, 3.05) is 0 Å². The van der Waals surface area contributed by atoms with E-state index in [0.717, 1.165) is 88.3 Å². The van der Waals surface area contributed by atoms with Crippen LogP contribution in [0.15, 0.2) is 155 Å². The summed E-state index contributed by atoms with van der Waals surface area (Å²) in [5, 5.41) is 6.42. The standard InChI is InChI=1S/C41H31N2O2.C12H10N.Ir/c1-23(2)25-12-9-13-26(24(3)4)37(25)43-35-17-7-6-16-34(35)42-41(43)33-15-10-14-28-30-21-22-31-32(39(30)45-40(28)33)20-19-29-27-11-5-8-18-36(27)44-38(29)31;1-10-7-8-12(13-9-10)11-5-3-2-4-6-11;/h5-14,16-24H,1-4H3;2-5,7-9H,1H3;/q2*-1;/i;1D3;. The normalized spacial score (nSPS) is 12.6. The fraction of sp³-hybridized carbons (Fsp3) is 0.132. The first-order valence-electron chi connectivity index (χ1n) is 21.2. The van der Waals surface area contributed by atoms with Crippen molar-refractivity contribution in [2.45, 2.75) is 46.4 Å². The molecule has 11 aromatic rings. The van der Waals surface area contributed by atoms with Crippen LogP contribution in [0.4, 0.5) is 0 Å². The SMILES string of the molecule is CC(C)c1cccc(C(C)C)c1-n1c(-c2[c-]ccc3c2oc2c3ccc3c2ccc2c4ccccc4oc23)nc2ccccc21.[2H]C([2H])([2H])c1ccc(-c2[c-]cccc2)nc1.[Ir]. The van der Waals surface area contributed by atoms with Gasteiger partial charge in [-0.3, -0.25) is 4.98 Å². The van der Waals surface area contributed by atoms with E-state index in [0.29, 0.717) is 11.8 Å². The number of para-hydroxylation sites is 4. The smallest absolute Gasteiger partial charge is 0.143 e. The molecule has 5 nitrogen and oxygen atoms in total. The molecule has 4 heterocycles. The molecule has 0 N–H and O–H groups in total. The Balaban J connectivity index is 0.000000244. The van der Waals surface area contributed by atoms with E-state index in [9.17, 15) is 0 Å². The molecule has 0 saturated heterocycles. The van der Waals surface area contributed by atoms with Crippen molar-refractivity contribution in [2.24, 2.45) is 0 Å². The molecule has 0 unspecified atom stereocenters. The van der Waals surface area contributed by atoms with E-state index >= 15 is 0 Å². The number of hydrogen-bond acceptors (Lipinski definition) is 4. The average molecular weight is 947 g/mol. The number of aromatic nitrogens is 3. The molecule has 0 atom stereocenters. The molecular formula is C53H41IrN3O2-2. The van der Waals surface area contributed by atoms with Gasteiger partial charge in [0.2, 0.25) is 0 Å². The molecule has 0 aliphatic heterocycles. The van der Waals surface area contributed by atoms with Crippen LogP contribution >= 0.6 is 0 Å². The van der Waals surface area contributed by atoms with Crippen molar-refractivity contribution >= 4 is 65.7 Å². The number of rotatable bonds is 5. The molecule has 0 saturated carbocycles. The molecule has 291 valence electrons. The fourth-order valence-electron chi connectivity index (χ4n) is 8.25. The van der Waals surface area contributed by atoms with E-state index in [2.05, 4.69) is 134 Å². The monoisotopic (exact) mass is 947 g/mol. The molecule has 0 spiro atoms. The van der Waals surface area contributed by atoms with Crippen molar-refractivity contribution in [3.8, 4) is 28.3 Å². The Morgan fingerprint density at radius 3 is 1.93 bits per heavy atom. The minimum atomic E-state index is -2.09. The molecule has 4 aromatic heterocycles. The molecule has 0 fully saturated rings. The van der Waals surface area contributed by atoms with E-state index in [1.165, 1.54) is 23.0 Å².